The third-order valence-electron chi connectivity index (χ3n) is 11.1. The van der Waals surface area contributed by atoms with Gasteiger partial charge >= 0.3 is 21.1 Å². The maximum absolute atomic E-state index is 4.11. The summed E-state index contributed by atoms with van der Waals surface area (Å²) in [5.41, 5.74) is 12.8. The van der Waals surface area contributed by atoms with Gasteiger partial charge in [-0.1, -0.05) is 105 Å². The van der Waals surface area contributed by atoms with Gasteiger partial charge in [0.2, 0.25) is 0 Å². The second kappa shape index (κ2) is 12.1. The Balaban J connectivity index is 0.00000372. The predicted octanol–water partition coefficient (Wildman–Crippen LogP) is 10.4. The average Bonchev–Trinajstić information content (AvgIpc) is 3.86. The molecule has 0 fully saturated rings. The van der Waals surface area contributed by atoms with Gasteiger partial charge in [-0.3, -0.25) is 0 Å². The van der Waals surface area contributed by atoms with Gasteiger partial charge in [-0.2, -0.15) is 37.1 Å². The monoisotopic (exact) mass is 868 g/mol. The molecule has 3 aliphatic rings. The van der Waals surface area contributed by atoms with Gasteiger partial charge in [0.1, 0.15) is 0 Å². The first-order valence-corrected chi connectivity index (χ1v) is 18.0. The van der Waals surface area contributed by atoms with Crippen molar-refractivity contribution in [3.8, 4) is 5.69 Å². The molecule has 6 heteroatoms. The van der Waals surface area contributed by atoms with Crippen LogP contribution in [0.15, 0.2) is 134 Å². The number of anilines is 4. The van der Waals surface area contributed by atoms with Gasteiger partial charge in [0.25, 0.3) is 0 Å². The number of aromatic nitrogens is 1. The fraction of sp³-hybridized carbons (Fsp3) is 0.149. The quantitative estimate of drug-likeness (QED) is 0.164. The maximum Gasteiger partial charge on any atom is 4.00 e. The van der Waals surface area contributed by atoms with Crippen LogP contribution in [0.25, 0.3) is 27.5 Å². The van der Waals surface area contributed by atoms with Crippen LogP contribution in [-0.2, 0) is 31.9 Å². The second-order valence-corrected chi connectivity index (χ2v) is 15.3. The van der Waals surface area contributed by atoms with E-state index in [-0.39, 0.29) is 26.5 Å². The molecule has 53 heavy (non-hydrogen) atoms. The molecular weight excluding hydrogens is 830 g/mol. The first kappa shape index (κ1) is 33.6. The van der Waals surface area contributed by atoms with E-state index in [9.17, 15) is 0 Å². The molecule has 3 aliphatic heterocycles. The van der Waals surface area contributed by atoms with Crippen molar-refractivity contribution in [2.24, 2.45) is 0 Å². The van der Waals surface area contributed by atoms with Crippen LogP contribution in [0.4, 0.5) is 22.7 Å². The molecule has 0 amide bonds. The predicted molar refractivity (Wildman–Crippen MR) is 214 cm³/mol. The minimum atomic E-state index is -0.757. The van der Waals surface area contributed by atoms with Crippen LogP contribution in [0.5, 0.6) is 0 Å². The Hall–Kier alpha value is -5.25. The summed E-state index contributed by atoms with van der Waals surface area (Å²) in [4.78, 5) is 8.73. The fourth-order valence-electron chi connectivity index (χ4n) is 8.59. The zero-order valence-electron chi connectivity index (χ0n) is 30.4. The molecule has 0 aliphatic carbocycles. The topological polar surface area (TPSA) is 17.9 Å². The third kappa shape index (κ3) is 4.86. The molecular formula is C47H39N5Pt. The van der Waals surface area contributed by atoms with E-state index in [1.807, 2.05) is 0 Å². The Labute approximate surface area is 326 Å². The minimum absolute atomic E-state index is 0. The summed E-state index contributed by atoms with van der Waals surface area (Å²) in [6, 6.07) is 52.7. The molecule has 0 radical (unpaired) electrons. The summed E-state index contributed by atoms with van der Waals surface area (Å²) in [7, 11) is 4.18. The summed E-state index contributed by atoms with van der Waals surface area (Å²) in [6.07, 6.45) is 4.17. The van der Waals surface area contributed by atoms with Crippen molar-refractivity contribution in [1.29, 1.82) is 0 Å². The molecule has 0 saturated carbocycles. The molecule has 1 unspecified atom stereocenters. The van der Waals surface area contributed by atoms with Crippen molar-refractivity contribution in [1.82, 2.24) is 9.47 Å². The standard InChI is InChI=1S/C47H39N5.Pt/c1-46(2,3)33-26-34(28-36(27-33)51-31-49(5)43-20-11-12-21-44(43)51)47(32-14-7-6-8-15-32)39-18-13-17-38-37-16-9-10-19-41(37)52(45(38)39)42-23-22-35(29-40(42)47)50-25-24-48(4)30-50;/h6-27,30-31H,1-5H3;/q-4;+4. The van der Waals surface area contributed by atoms with Gasteiger partial charge in [0.15, 0.2) is 0 Å². The van der Waals surface area contributed by atoms with Crippen molar-refractivity contribution in [2.75, 3.05) is 28.8 Å². The van der Waals surface area contributed by atoms with E-state index in [1.165, 1.54) is 44.2 Å². The smallest absolute Gasteiger partial charge is 0.510 e. The number of hydrogen-bond acceptors (Lipinski definition) is 4. The number of fused-ring (bicyclic) bond motifs is 6. The van der Waals surface area contributed by atoms with Crippen LogP contribution in [0.2, 0.25) is 0 Å². The van der Waals surface area contributed by atoms with Crippen molar-refractivity contribution >= 4 is 44.6 Å². The van der Waals surface area contributed by atoms with E-state index in [1.54, 1.807) is 0 Å². The van der Waals surface area contributed by atoms with Crippen LogP contribution in [0.3, 0.4) is 0 Å². The molecule has 0 spiro atoms. The SMILES string of the molecule is CN1C=CN(c2[c-]c3c(cc2)-n2c4ccccc4c4cccc(c42)C3(c2[c-]c(N3[CH-]N(C)c4ccccc43)cc(C(C)(C)C)c2)c2ccccc2)[CH-]1.[Pt+4]. The Morgan fingerprint density at radius 1 is 0.642 bits per heavy atom. The van der Waals surface area contributed by atoms with Gasteiger partial charge < -0.3 is 24.2 Å². The average molecular weight is 869 g/mol. The Morgan fingerprint density at radius 2 is 1.38 bits per heavy atom. The molecule has 4 heterocycles. The summed E-state index contributed by atoms with van der Waals surface area (Å²) in [6.45, 7) is 11.2. The zero-order chi connectivity index (χ0) is 35.4. The van der Waals surface area contributed by atoms with Crippen molar-refractivity contribution < 1.29 is 21.1 Å². The third-order valence-corrected chi connectivity index (χ3v) is 11.1. The van der Waals surface area contributed by atoms with Gasteiger partial charge in [-0.25, -0.2) is 0 Å². The molecule has 6 aromatic carbocycles. The first-order valence-electron chi connectivity index (χ1n) is 18.0. The summed E-state index contributed by atoms with van der Waals surface area (Å²) >= 11 is 0. The second-order valence-electron chi connectivity index (χ2n) is 15.3. The molecule has 1 atom stereocenters. The van der Waals surface area contributed by atoms with Gasteiger partial charge in [0.05, 0.1) is 0 Å². The van der Waals surface area contributed by atoms with E-state index in [4.69, 9.17) is 0 Å². The number of rotatable bonds is 4. The number of hydrogen-bond donors (Lipinski definition) is 0. The zero-order valence-corrected chi connectivity index (χ0v) is 32.7. The largest absolute Gasteiger partial charge is 4.00 e. The van der Waals surface area contributed by atoms with Crippen molar-refractivity contribution in [2.45, 2.75) is 31.6 Å². The van der Waals surface area contributed by atoms with Crippen LogP contribution in [0, 0.1) is 25.5 Å². The number of benzene rings is 6. The summed E-state index contributed by atoms with van der Waals surface area (Å²) in [5.74, 6) is 0. The Kier molecular flexibility index (Phi) is 7.70. The van der Waals surface area contributed by atoms with Crippen molar-refractivity contribution in [3.63, 3.8) is 0 Å². The Bertz CT molecular complexity index is 2580. The van der Waals surface area contributed by atoms with Crippen LogP contribution in [0.1, 0.15) is 48.6 Å². The van der Waals surface area contributed by atoms with Crippen LogP contribution < -0.4 is 14.7 Å². The Morgan fingerprint density at radius 3 is 2.15 bits per heavy atom. The van der Waals surface area contributed by atoms with E-state index >= 15 is 0 Å². The van der Waals surface area contributed by atoms with E-state index in [0.29, 0.717) is 0 Å². The van der Waals surface area contributed by atoms with Gasteiger partial charge in [-0.05, 0) is 61.2 Å². The summed E-state index contributed by atoms with van der Waals surface area (Å²) < 4.78 is 2.47. The number of nitrogens with zero attached hydrogens (tertiary/aromatic N) is 5. The molecule has 1 aromatic heterocycles. The number of para-hydroxylation sites is 4. The van der Waals surface area contributed by atoms with E-state index < -0.39 is 5.41 Å². The molecule has 5 nitrogen and oxygen atoms in total. The van der Waals surface area contributed by atoms with Gasteiger partial charge in [-0.15, -0.1) is 40.7 Å². The minimum Gasteiger partial charge on any atom is -0.510 e. The van der Waals surface area contributed by atoms with Crippen LogP contribution >= 0.6 is 0 Å². The first-order chi connectivity index (χ1) is 25.2. The molecule has 10 rings (SSSR count). The molecule has 262 valence electrons. The van der Waals surface area contributed by atoms with Crippen molar-refractivity contribution in [3.05, 3.63) is 187 Å². The fourth-order valence-corrected chi connectivity index (χ4v) is 8.59. The van der Waals surface area contributed by atoms with E-state index in [0.717, 1.165) is 33.9 Å². The molecule has 0 bridgehead atoms. The normalized spacial score (nSPS) is 17.5. The van der Waals surface area contributed by atoms with Crippen LogP contribution in [-0.4, -0.2) is 23.6 Å². The maximum atomic E-state index is 4.11. The molecule has 0 N–H and O–H groups in total. The summed E-state index contributed by atoms with van der Waals surface area (Å²) in [5, 5.41) is 2.49. The molecule has 0 saturated heterocycles. The van der Waals surface area contributed by atoms with Gasteiger partial charge in [0, 0.05) is 38.6 Å². The van der Waals surface area contributed by atoms with E-state index in [2.05, 4.69) is 218 Å². The molecule has 7 aromatic rings.